The number of benzene rings is 2. The van der Waals surface area contributed by atoms with E-state index in [0.29, 0.717) is 0 Å². The number of halogens is 1. The van der Waals surface area contributed by atoms with E-state index in [4.69, 9.17) is 16.3 Å². The van der Waals surface area contributed by atoms with Crippen molar-refractivity contribution in [2.24, 2.45) is 0 Å². The lowest BCUT2D eigenvalue weighted by atomic mass is 9.98. The van der Waals surface area contributed by atoms with Gasteiger partial charge in [0.2, 0.25) is 0 Å². The van der Waals surface area contributed by atoms with Crippen LogP contribution < -0.4 is 4.74 Å². The molecule has 2 aromatic rings. The summed E-state index contributed by atoms with van der Waals surface area (Å²) in [4.78, 5) is 0. The molecular formula is C17H19ClO. The first-order valence-electron chi connectivity index (χ1n) is 6.44. The summed E-state index contributed by atoms with van der Waals surface area (Å²) in [6.07, 6.45) is 0.808. The Hall–Kier alpha value is -1.47. The average Bonchev–Trinajstić information content (AvgIpc) is 2.38. The predicted molar refractivity (Wildman–Crippen MR) is 81.2 cm³/mol. The minimum Gasteiger partial charge on any atom is -0.497 e. The topological polar surface area (TPSA) is 9.23 Å². The third-order valence-corrected chi connectivity index (χ3v) is 3.70. The van der Waals surface area contributed by atoms with Gasteiger partial charge in [-0.25, -0.2) is 0 Å². The van der Waals surface area contributed by atoms with Crippen LogP contribution in [0.4, 0.5) is 0 Å². The van der Waals surface area contributed by atoms with Gasteiger partial charge < -0.3 is 4.74 Å². The third kappa shape index (κ3) is 3.51. The maximum Gasteiger partial charge on any atom is 0.119 e. The zero-order valence-electron chi connectivity index (χ0n) is 11.6. The van der Waals surface area contributed by atoms with E-state index >= 15 is 0 Å². The van der Waals surface area contributed by atoms with Gasteiger partial charge in [0, 0.05) is 0 Å². The quantitative estimate of drug-likeness (QED) is 0.725. The maximum absolute atomic E-state index is 6.55. The maximum atomic E-state index is 6.55. The lowest BCUT2D eigenvalue weighted by Gasteiger charge is -2.14. The Morgan fingerprint density at radius 2 is 1.89 bits per heavy atom. The van der Waals surface area contributed by atoms with Crippen LogP contribution in [-0.2, 0) is 6.42 Å². The lowest BCUT2D eigenvalue weighted by molar-refractivity contribution is 0.414. The number of aryl methyl sites for hydroxylation is 2. The summed E-state index contributed by atoms with van der Waals surface area (Å²) in [7, 11) is 1.68. The van der Waals surface area contributed by atoms with Crippen molar-refractivity contribution in [3.8, 4) is 5.75 Å². The van der Waals surface area contributed by atoms with Crippen molar-refractivity contribution in [2.75, 3.05) is 7.11 Å². The van der Waals surface area contributed by atoms with Crippen molar-refractivity contribution in [3.05, 3.63) is 64.7 Å². The van der Waals surface area contributed by atoms with Crippen molar-refractivity contribution < 1.29 is 4.74 Å². The molecule has 0 N–H and O–H groups in total. The van der Waals surface area contributed by atoms with E-state index in [1.807, 2.05) is 18.2 Å². The Bertz CT molecular complexity index is 563. The van der Waals surface area contributed by atoms with Gasteiger partial charge in [0.05, 0.1) is 12.5 Å². The zero-order chi connectivity index (χ0) is 13.8. The number of ether oxygens (including phenoxy) is 1. The Labute approximate surface area is 120 Å². The fraction of sp³-hybridized carbons (Fsp3) is 0.294. The van der Waals surface area contributed by atoms with Crippen LogP contribution in [0.3, 0.4) is 0 Å². The second kappa shape index (κ2) is 6.12. The molecule has 19 heavy (non-hydrogen) atoms. The van der Waals surface area contributed by atoms with Gasteiger partial charge in [0.25, 0.3) is 0 Å². The van der Waals surface area contributed by atoms with Gasteiger partial charge in [-0.1, -0.05) is 35.9 Å². The molecule has 0 saturated carbocycles. The highest BCUT2D eigenvalue weighted by molar-refractivity contribution is 6.21. The summed E-state index contributed by atoms with van der Waals surface area (Å²) in [5.41, 5.74) is 4.92. The highest BCUT2D eigenvalue weighted by Gasteiger charge is 2.12. The van der Waals surface area contributed by atoms with Gasteiger partial charge in [-0.05, 0) is 49.1 Å². The minimum absolute atomic E-state index is 0.00675. The fourth-order valence-corrected chi connectivity index (χ4v) is 2.72. The number of hydrogen-bond donors (Lipinski definition) is 0. The molecule has 0 aliphatic carbocycles. The van der Waals surface area contributed by atoms with Crippen molar-refractivity contribution in [1.82, 2.24) is 0 Å². The Kier molecular flexibility index (Phi) is 4.49. The van der Waals surface area contributed by atoms with Crippen LogP contribution in [0, 0.1) is 13.8 Å². The molecule has 0 bridgehead atoms. The Morgan fingerprint density at radius 1 is 1.11 bits per heavy atom. The first-order valence-corrected chi connectivity index (χ1v) is 6.88. The van der Waals surface area contributed by atoms with E-state index in [1.54, 1.807) is 7.11 Å². The second-order valence-corrected chi connectivity index (χ2v) is 5.41. The van der Waals surface area contributed by atoms with Crippen LogP contribution in [0.5, 0.6) is 5.75 Å². The van der Waals surface area contributed by atoms with Crippen molar-refractivity contribution in [2.45, 2.75) is 25.6 Å². The van der Waals surface area contributed by atoms with Gasteiger partial charge in [-0.3, -0.25) is 0 Å². The molecule has 2 aromatic carbocycles. The molecule has 2 heteroatoms. The summed E-state index contributed by atoms with van der Waals surface area (Å²) in [5.74, 6) is 0.877. The molecule has 0 aromatic heterocycles. The van der Waals surface area contributed by atoms with Crippen LogP contribution in [0.1, 0.15) is 27.6 Å². The molecule has 0 amide bonds. The molecule has 0 fully saturated rings. The molecule has 0 saturated heterocycles. The van der Waals surface area contributed by atoms with Crippen LogP contribution in [-0.4, -0.2) is 7.11 Å². The predicted octanol–water partition coefficient (Wildman–Crippen LogP) is 4.83. The standard InChI is InChI=1S/C17H19ClO/c1-12-7-8-16(13(2)9-12)17(18)11-14-5-4-6-15(10-14)19-3/h4-10,17H,11H2,1-3H3. The number of rotatable bonds is 4. The smallest absolute Gasteiger partial charge is 0.119 e. The van der Waals surface area contributed by atoms with Gasteiger partial charge in [-0.15, -0.1) is 11.6 Å². The normalized spacial score (nSPS) is 12.2. The zero-order valence-corrected chi connectivity index (χ0v) is 12.4. The summed E-state index contributed by atoms with van der Waals surface area (Å²) < 4.78 is 5.24. The van der Waals surface area contributed by atoms with Crippen LogP contribution in [0.2, 0.25) is 0 Å². The van der Waals surface area contributed by atoms with E-state index in [2.05, 4.69) is 38.1 Å². The second-order valence-electron chi connectivity index (χ2n) is 4.88. The summed E-state index contributed by atoms with van der Waals surface area (Å²) in [6.45, 7) is 4.21. The van der Waals surface area contributed by atoms with Gasteiger partial charge >= 0.3 is 0 Å². The Morgan fingerprint density at radius 3 is 2.58 bits per heavy atom. The molecule has 2 rings (SSSR count). The first kappa shape index (κ1) is 14.0. The van der Waals surface area contributed by atoms with Crippen LogP contribution in [0.15, 0.2) is 42.5 Å². The average molecular weight is 275 g/mol. The molecule has 100 valence electrons. The van der Waals surface area contributed by atoms with Gasteiger partial charge in [0.1, 0.15) is 5.75 Å². The number of hydrogen-bond acceptors (Lipinski definition) is 1. The monoisotopic (exact) mass is 274 g/mol. The largest absolute Gasteiger partial charge is 0.497 e. The number of alkyl halides is 1. The molecule has 1 atom stereocenters. The molecular weight excluding hydrogens is 256 g/mol. The Balaban J connectivity index is 2.17. The van der Waals surface area contributed by atoms with Crippen molar-refractivity contribution >= 4 is 11.6 Å². The van der Waals surface area contributed by atoms with E-state index in [0.717, 1.165) is 12.2 Å². The highest BCUT2D eigenvalue weighted by Crippen LogP contribution is 2.29. The van der Waals surface area contributed by atoms with Crippen molar-refractivity contribution in [3.63, 3.8) is 0 Å². The fourth-order valence-electron chi connectivity index (χ4n) is 2.29. The third-order valence-electron chi connectivity index (χ3n) is 3.31. The van der Waals surface area contributed by atoms with E-state index in [1.165, 1.54) is 22.3 Å². The summed E-state index contributed by atoms with van der Waals surface area (Å²) in [6, 6.07) is 14.5. The first-order chi connectivity index (χ1) is 9.10. The van der Waals surface area contributed by atoms with E-state index < -0.39 is 0 Å². The SMILES string of the molecule is COc1cccc(CC(Cl)c2ccc(C)cc2C)c1. The number of methoxy groups -OCH3 is 1. The van der Waals surface area contributed by atoms with Crippen LogP contribution >= 0.6 is 11.6 Å². The molecule has 0 aliphatic heterocycles. The van der Waals surface area contributed by atoms with E-state index in [9.17, 15) is 0 Å². The lowest BCUT2D eigenvalue weighted by Crippen LogP contribution is -1.99. The van der Waals surface area contributed by atoms with Crippen LogP contribution in [0.25, 0.3) is 0 Å². The molecule has 0 radical (unpaired) electrons. The molecule has 0 spiro atoms. The van der Waals surface area contributed by atoms with Gasteiger partial charge in [0.15, 0.2) is 0 Å². The molecule has 1 nitrogen and oxygen atoms in total. The molecule has 0 aliphatic rings. The summed E-state index contributed by atoms with van der Waals surface area (Å²) in [5, 5.41) is -0.00675. The van der Waals surface area contributed by atoms with Crippen molar-refractivity contribution in [1.29, 1.82) is 0 Å². The van der Waals surface area contributed by atoms with E-state index in [-0.39, 0.29) is 5.38 Å². The minimum atomic E-state index is -0.00675. The molecule has 1 unspecified atom stereocenters. The molecule has 0 heterocycles. The van der Waals surface area contributed by atoms with Gasteiger partial charge in [-0.2, -0.15) is 0 Å². The highest BCUT2D eigenvalue weighted by atomic mass is 35.5. The summed E-state index contributed by atoms with van der Waals surface area (Å²) >= 11 is 6.55.